The molecule has 21 heavy (non-hydrogen) atoms. The Bertz CT molecular complexity index is 610. The van der Waals surface area contributed by atoms with Crippen molar-refractivity contribution in [2.24, 2.45) is 0 Å². The molecule has 1 unspecified atom stereocenters. The highest BCUT2D eigenvalue weighted by molar-refractivity contribution is 5.38. The Hall–Kier alpha value is -1.88. The summed E-state index contributed by atoms with van der Waals surface area (Å²) < 4.78 is 21.5. The molecule has 0 aliphatic heterocycles. The molecule has 0 bridgehead atoms. The van der Waals surface area contributed by atoms with E-state index in [1.807, 2.05) is 31.6 Å². The zero-order chi connectivity index (χ0) is 15.4. The molecule has 1 aromatic heterocycles. The number of methoxy groups -OCH3 is 1. The Balaban J connectivity index is 2.36. The molecule has 114 valence electrons. The van der Waals surface area contributed by atoms with Crippen molar-refractivity contribution in [2.45, 2.75) is 32.9 Å². The molecule has 0 spiro atoms. The van der Waals surface area contributed by atoms with E-state index < -0.39 is 0 Å². The largest absolute Gasteiger partial charge is 0.496 e. The molecule has 0 aliphatic rings. The third-order valence-electron chi connectivity index (χ3n) is 3.63. The summed E-state index contributed by atoms with van der Waals surface area (Å²) in [5, 5.41) is 7.62. The molecule has 4 nitrogen and oxygen atoms in total. The van der Waals surface area contributed by atoms with Crippen LogP contribution in [0.25, 0.3) is 0 Å². The lowest BCUT2D eigenvalue weighted by Gasteiger charge is -2.20. The Morgan fingerprint density at radius 3 is 2.81 bits per heavy atom. The van der Waals surface area contributed by atoms with Gasteiger partial charge in [0.1, 0.15) is 11.6 Å². The smallest absolute Gasteiger partial charge is 0.131 e. The predicted molar refractivity (Wildman–Crippen MR) is 81.1 cm³/mol. The van der Waals surface area contributed by atoms with Crippen molar-refractivity contribution in [1.29, 1.82) is 0 Å². The van der Waals surface area contributed by atoms with Gasteiger partial charge in [-0.2, -0.15) is 5.10 Å². The average Bonchev–Trinajstić information content (AvgIpc) is 2.84. The average molecular weight is 291 g/mol. The van der Waals surface area contributed by atoms with Crippen molar-refractivity contribution in [3.05, 3.63) is 47.0 Å². The molecule has 5 heteroatoms. The second-order valence-corrected chi connectivity index (χ2v) is 4.99. The minimum atomic E-state index is -0.256. The highest BCUT2D eigenvalue weighted by Gasteiger charge is 2.21. The number of nitrogens with one attached hydrogen (secondary N) is 1. The molecule has 0 fully saturated rings. The van der Waals surface area contributed by atoms with E-state index >= 15 is 0 Å². The quantitative estimate of drug-likeness (QED) is 0.889. The van der Waals surface area contributed by atoms with Crippen molar-refractivity contribution >= 4 is 0 Å². The standard InChI is InChI=1S/C16H22FN3O/c1-5-20-12(9-11(2)19-20)10-14(18-3)16-13(17)7-6-8-15(16)21-4/h6-9,14,18H,5,10H2,1-4H3. The summed E-state index contributed by atoms with van der Waals surface area (Å²) in [7, 11) is 3.39. The monoisotopic (exact) mass is 291 g/mol. The van der Waals surface area contributed by atoms with Gasteiger partial charge in [-0.1, -0.05) is 6.07 Å². The SMILES string of the molecule is CCn1nc(C)cc1CC(NC)c1c(F)cccc1OC. The summed E-state index contributed by atoms with van der Waals surface area (Å²) in [6.07, 6.45) is 0.655. The Labute approximate surface area is 124 Å². The molecule has 0 amide bonds. The van der Waals surface area contributed by atoms with E-state index in [-0.39, 0.29) is 11.9 Å². The summed E-state index contributed by atoms with van der Waals surface area (Å²) in [5.41, 5.74) is 2.62. The van der Waals surface area contributed by atoms with E-state index in [9.17, 15) is 4.39 Å². The van der Waals surface area contributed by atoms with Gasteiger partial charge in [0.2, 0.25) is 0 Å². The normalized spacial score (nSPS) is 12.4. The van der Waals surface area contributed by atoms with Crippen LogP contribution in [0.4, 0.5) is 4.39 Å². The number of hydrogen-bond donors (Lipinski definition) is 1. The Morgan fingerprint density at radius 1 is 1.43 bits per heavy atom. The van der Waals surface area contributed by atoms with E-state index in [4.69, 9.17) is 4.74 Å². The molecule has 0 saturated carbocycles. The minimum absolute atomic E-state index is 0.164. The molecule has 0 aliphatic carbocycles. The lowest BCUT2D eigenvalue weighted by atomic mass is 10.00. The molecule has 1 heterocycles. The van der Waals surface area contributed by atoms with E-state index in [1.165, 1.54) is 6.07 Å². The van der Waals surface area contributed by atoms with Gasteiger partial charge in [0, 0.05) is 30.3 Å². The second-order valence-electron chi connectivity index (χ2n) is 4.99. The number of benzene rings is 1. The van der Waals surface area contributed by atoms with Gasteiger partial charge in [-0.3, -0.25) is 4.68 Å². The van der Waals surface area contributed by atoms with Gasteiger partial charge < -0.3 is 10.1 Å². The maximum atomic E-state index is 14.2. The number of rotatable bonds is 6. The van der Waals surface area contributed by atoms with Crippen LogP contribution in [0.15, 0.2) is 24.3 Å². The van der Waals surface area contributed by atoms with E-state index in [2.05, 4.69) is 10.4 Å². The third kappa shape index (κ3) is 3.24. The van der Waals surface area contributed by atoms with Crippen molar-refractivity contribution in [3.63, 3.8) is 0 Å². The van der Waals surface area contributed by atoms with Crippen molar-refractivity contribution < 1.29 is 9.13 Å². The molecule has 2 rings (SSSR count). The fourth-order valence-corrected chi connectivity index (χ4v) is 2.63. The van der Waals surface area contributed by atoms with Crippen LogP contribution in [0.3, 0.4) is 0 Å². The molecule has 1 aromatic carbocycles. The third-order valence-corrected chi connectivity index (χ3v) is 3.63. The Morgan fingerprint density at radius 2 is 2.19 bits per heavy atom. The summed E-state index contributed by atoms with van der Waals surface area (Å²) in [6.45, 7) is 4.82. The maximum Gasteiger partial charge on any atom is 0.131 e. The minimum Gasteiger partial charge on any atom is -0.496 e. The van der Waals surface area contributed by atoms with Crippen molar-refractivity contribution in [1.82, 2.24) is 15.1 Å². The zero-order valence-electron chi connectivity index (χ0n) is 13.0. The lowest BCUT2D eigenvalue weighted by molar-refractivity contribution is 0.391. The van der Waals surface area contributed by atoms with Crippen LogP contribution in [0.5, 0.6) is 5.75 Å². The van der Waals surface area contributed by atoms with Crippen LogP contribution in [0, 0.1) is 12.7 Å². The number of ether oxygens (including phenoxy) is 1. The van der Waals surface area contributed by atoms with Gasteiger partial charge in [-0.25, -0.2) is 4.39 Å². The van der Waals surface area contributed by atoms with Gasteiger partial charge in [0.05, 0.1) is 12.8 Å². The van der Waals surface area contributed by atoms with Crippen molar-refractivity contribution in [2.75, 3.05) is 14.2 Å². The molecule has 0 radical (unpaired) electrons. The summed E-state index contributed by atoms with van der Waals surface area (Å²) >= 11 is 0. The number of aromatic nitrogens is 2. The van der Waals surface area contributed by atoms with Crippen LogP contribution in [0.2, 0.25) is 0 Å². The van der Waals surface area contributed by atoms with Crippen LogP contribution in [-0.4, -0.2) is 23.9 Å². The van der Waals surface area contributed by atoms with Crippen molar-refractivity contribution in [3.8, 4) is 5.75 Å². The predicted octanol–water partition coefficient (Wildman–Crippen LogP) is 2.86. The molecule has 1 atom stereocenters. The summed E-state index contributed by atoms with van der Waals surface area (Å²) in [6, 6.07) is 6.78. The van der Waals surface area contributed by atoms with Gasteiger partial charge >= 0.3 is 0 Å². The number of halogens is 1. The number of likely N-dealkylation sites (N-methyl/N-ethyl adjacent to an activating group) is 1. The van der Waals surface area contributed by atoms with Gasteiger partial charge in [-0.15, -0.1) is 0 Å². The number of aryl methyl sites for hydroxylation is 2. The van der Waals surface area contributed by atoms with E-state index in [0.29, 0.717) is 17.7 Å². The second kappa shape index (κ2) is 6.72. The first-order valence-electron chi connectivity index (χ1n) is 7.13. The number of hydrogen-bond acceptors (Lipinski definition) is 3. The number of nitrogens with zero attached hydrogens (tertiary/aromatic N) is 2. The molecule has 0 saturated heterocycles. The highest BCUT2D eigenvalue weighted by atomic mass is 19.1. The van der Waals surface area contributed by atoms with Crippen LogP contribution < -0.4 is 10.1 Å². The van der Waals surface area contributed by atoms with E-state index in [1.54, 1.807) is 19.2 Å². The fraction of sp³-hybridized carbons (Fsp3) is 0.438. The first-order chi connectivity index (χ1) is 10.1. The van der Waals surface area contributed by atoms with Crippen LogP contribution in [-0.2, 0) is 13.0 Å². The molecule has 2 aromatic rings. The zero-order valence-corrected chi connectivity index (χ0v) is 13.0. The van der Waals surface area contributed by atoms with Gasteiger partial charge in [-0.05, 0) is 39.1 Å². The maximum absolute atomic E-state index is 14.2. The van der Waals surface area contributed by atoms with Crippen LogP contribution in [0.1, 0.15) is 29.9 Å². The lowest BCUT2D eigenvalue weighted by Crippen LogP contribution is -2.22. The van der Waals surface area contributed by atoms with Gasteiger partial charge in [0.25, 0.3) is 0 Å². The summed E-state index contributed by atoms with van der Waals surface area (Å²) in [5.74, 6) is 0.307. The topological polar surface area (TPSA) is 39.1 Å². The van der Waals surface area contributed by atoms with Gasteiger partial charge in [0.15, 0.2) is 0 Å². The first-order valence-corrected chi connectivity index (χ1v) is 7.13. The first kappa shape index (κ1) is 15.5. The highest BCUT2D eigenvalue weighted by Crippen LogP contribution is 2.30. The molecular formula is C16H22FN3O. The fourth-order valence-electron chi connectivity index (χ4n) is 2.63. The van der Waals surface area contributed by atoms with Crippen LogP contribution >= 0.6 is 0 Å². The molecular weight excluding hydrogens is 269 g/mol. The van der Waals surface area contributed by atoms with E-state index in [0.717, 1.165) is 17.9 Å². The summed E-state index contributed by atoms with van der Waals surface area (Å²) in [4.78, 5) is 0. The Kier molecular flexibility index (Phi) is 4.96. The molecule has 1 N–H and O–H groups in total.